The Labute approximate surface area is 153 Å². The number of methoxy groups -OCH3 is 2. The molecule has 140 valence electrons. The Hall–Kier alpha value is -2.60. The molecule has 2 aromatic carbocycles. The van der Waals surface area contributed by atoms with Gasteiger partial charge in [0.05, 0.1) is 27.8 Å². The molecular formula is C20H26FN2O3+. The fraction of sp³-hybridized carbons (Fsp3) is 0.350. The van der Waals surface area contributed by atoms with Crippen LogP contribution in [0.1, 0.15) is 12.5 Å². The quantitative estimate of drug-likeness (QED) is 0.755. The van der Waals surface area contributed by atoms with E-state index in [1.165, 1.54) is 12.1 Å². The van der Waals surface area contributed by atoms with Crippen LogP contribution in [0.4, 0.5) is 10.1 Å². The van der Waals surface area contributed by atoms with Crippen LogP contribution < -0.4 is 19.7 Å². The lowest BCUT2D eigenvalue weighted by Gasteiger charge is -2.21. The molecule has 2 N–H and O–H groups in total. The number of hydrogen-bond donors (Lipinski definition) is 2. The number of amides is 1. The zero-order valence-electron chi connectivity index (χ0n) is 15.6. The minimum absolute atomic E-state index is 0.139. The average molecular weight is 361 g/mol. The van der Waals surface area contributed by atoms with Gasteiger partial charge in [-0.15, -0.1) is 0 Å². The predicted octanol–water partition coefficient (Wildman–Crippen LogP) is 1.93. The van der Waals surface area contributed by atoms with Crippen LogP contribution in [0.3, 0.4) is 0 Å². The number of carbonyl (C=O) groups is 1. The molecule has 0 spiro atoms. The number of benzene rings is 2. The van der Waals surface area contributed by atoms with Crippen molar-refractivity contribution < 1.29 is 23.6 Å². The van der Waals surface area contributed by atoms with E-state index in [0.717, 1.165) is 23.4 Å². The van der Waals surface area contributed by atoms with E-state index in [0.29, 0.717) is 17.2 Å². The predicted molar refractivity (Wildman–Crippen MR) is 99.5 cm³/mol. The Kier molecular flexibility index (Phi) is 6.97. The molecular weight excluding hydrogens is 335 g/mol. The summed E-state index contributed by atoms with van der Waals surface area (Å²) in [4.78, 5) is 13.4. The van der Waals surface area contributed by atoms with Gasteiger partial charge in [0, 0.05) is 12.1 Å². The average Bonchev–Trinajstić information content (AvgIpc) is 2.65. The Balaban J connectivity index is 1.92. The molecule has 0 aliphatic rings. The first-order chi connectivity index (χ1) is 12.4. The second kappa shape index (κ2) is 9.20. The van der Waals surface area contributed by atoms with E-state index in [-0.39, 0.29) is 17.8 Å². The van der Waals surface area contributed by atoms with E-state index in [9.17, 15) is 9.18 Å². The first-order valence-electron chi connectivity index (χ1n) is 8.54. The van der Waals surface area contributed by atoms with Crippen LogP contribution >= 0.6 is 0 Å². The second-order valence-electron chi connectivity index (χ2n) is 6.26. The highest BCUT2D eigenvalue weighted by Gasteiger charge is 2.22. The number of hydrogen-bond acceptors (Lipinski definition) is 3. The van der Waals surface area contributed by atoms with Crippen LogP contribution in [-0.2, 0) is 11.2 Å². The number of likely N-dealkylation sites (N-methyl/N-ethyl adjacent to an activating group) is 1. The van der Waals surface area contributed by atoms with Gasteiger partial charge in [-0.25, -0.2) is 4.39 Å². The molecule has 0 saturated heterocycles. The summed E-state index contributed by atoms with van der Waals surface area (Å²) in [5.41, 5.74) is 1.58. The number of anilines is 1. The van der Waals surface area contributed by atoms with Crippen LogP contribution in [0, 0.1) is 5.82 Å². The lowest BCUT2D eigenvalue weighted by Crippen LogP contribution is -3.14. The summed E-state index contributed by atoms with van der Waals surface area (Å²) in [5, 5.41) is 2.76. The largest absolute Gasteiger partial charge is 0.493 e. The normalized spacial score (nSPS) is 13.0. The fourth-order valence-electron chi connectivity index (χ4n) is 2.63. The number of nitrogens with one attached hydrogen (secondary N) is 2. The highest BCUT2D eigenvalue weighted by Crippen LogP contribution is 2.27. The molecule has 0 aromatic heterocycles. The monoisotopic (exact) mass is 361 g/mol. The van der Waals surface area contributed by atoms with E-state index in [1.807, 2.05) is 32.2 Å². The van der Waals surface area contributed by atoms with Gasteiger partial charge in [-0.3, -0.25) is 4.79 Å². The third-order valence-corrected chi connectivity index (χ3v) is 4.48. The first-order valence-corrected chi connectivity index (χ1v) is 8.54. The van der Waals surface area contributed by atoms with Crippen LogP contribution in [0.25, 0.3) is 0 Å². The van der Waals surface area contributed by atoms with Crippen molar-refractivity contribution in [1.29, 1.82) is 0 Å². The van der Waals surface area contributed by atoms with Crippen molar-refractivity contribution in [3.8, 4) is 11.5 Å². The topological polar surface area (TPSA) is 52.0 Å². The van der Waals surface area contributed by atoms with Crippen molar-refractivity contribution in [2.75, 3.05) is 33.1 Å². The van der Waals surface area contributed by atoms with Crippen molar-refractivity contribution in [2.24, 2.45) is 0 Å². The van der Waals surface area contributed by atoms with Gasteiger partial charge in [0.2, 0.25) is 0 Å². The zero-order chi connectivity index (χ0) is 19.1. The molecule has 0 heterocycles. The summed E-state index contributed by atoms with van der Waals surface area (Å²) < 4.78 is 23.8. The Morgan fingerprint density at radius 1 is 1.15 bits per heavy atom. The number of ether oxygens (including phenoxy) is 2. The standard InChI is InChI=1S/C20H25FN2O3/c1-14(20(24)22-17-7-5-6-16(21)13-17)23(2)11-10-15-8-9-18(25-3)19(12-15)26-4/h5-9,12-14H,10-11H2,1-4H3,(H,22,24)/p+1/t14-/m0/s1. The summed E-state index contributed by atoms with van der Waals surface area (Å²) in [6, 6.07) is 11.5. The number of halogens is 1. The smallest absolute Gasteiger partial charge is 0.282 e. The molecule has 26 heavy (non-hydrogen) atoms. The van der Waals surface area contributed by atoms with Gasteiger partial charge >= 0.3 is 0 Å². The molecule has 5 nitrogen and oxygen atoms in total. The van der Waals surface area contributed by atoms with Gasteiger partial charge in [0.25, 0.3) is 5.91 Å². The van der Waals surface area contributed by atoms with Crippen molar-refractivity contribution in [3.05, 3.63) is 53.8 Å². The molecule has 0 bridgehead atoms. The minimum Gasteiger partial charge on any atom is -0.493 e. The van der Waals surface area contributed by atoms with Crippen LogP contribution in [-0.4, -0.2) is 39.8 Å². The Morgan fingerprint density at radius 3 is 2.54 bits per heavy atom. The zero-order valence-corrected chi connectivity index (χ0v) is 15.6. The number of rotatable bonds is 8. The molecule has 0 radical (unpaired) electrons. The lowest BCUT2D eigenvalue weighted by atomic mass is 10.1. The third kappa shape index (κ3) is 5.20. The summed E-state index contributed by atoms with van der Waals surface area (Å²) in [6.45, 7) is 2.63. The van der Waals surface area contributed by atoms with Gasteiger partial charge in [-0.1, -0.05) is 12.1 Å². The van der Waals surface area contributed by atoms with Gasteiger partial charge in [0.1, 0.15) is 5.82 Å². The van der Waals surface area contributed by atoms with E-state index in [1.54, 1.807) is 26.4 Å². The molecule has 1 amide bonds. The minimum atomic E-state index is -0.371. The molecule has 2 atom stereocenters. The molecule has 0 fully saturated rings. The number of quaternary nitrogens is 1. The van der Waals surface area contributed by atoms with Crippen LogP contribution in [0.5, 0.6) is 11.5 Å². The van der Waals surface area contributed by atoms with Crippen molar-refractivity contribution in [1.82, 2.24) is 0 Å². The highest BCUT2D eigenvalue weighted by atomic mass is 19.1. The van der Waals surface area contributed by atoms with E-state index in [4.69, 9.17) is 9.47 Å². The third-order valence-electron chi connectivity index (χ3n) is 4.48. The first kappa shape index (κ1) is 19.7. The number of carbonyl (C=O) groups excluding carboxylic acids is 1. The summed E-state index contributed by atoms with van der Waals surface area (Å²) in [7, 11) is 5.18. The van der Waals surface area contributed by atoms with E-state index in [2.05, 4.69) is 5.32 Å². The van der Waals surface area contributed by atoms with Crippen LogP contribution in [0.15, 0.2) is 42.5 Å². The second-order valence-corrected chi connectivity index (χ2v) is 6.26. The highest BCUT2D eigenvalue weighted by molar-refractivity contribution is 5.93. The van der Waals surface area contributed by atoms with E-state index < -0.39 is 0 Å². The Morgan fingerprint density at radius 2 is 1.88 bits per heavy atom. The van der Waals surface area contributed by atoms with Crippen LogP contribution in [0.2, 0.25) is 0 Å². The van der Waals surface area contributed by atoms with E-state index >= 15 is 0 Å². The van der Waals surface area contributed by atoms with Gasteiger partial charge in [0.15, 0.2) is 17.5 Å². The Bertz CT molecular complexity index is 752. The van der Waals surface area contributed by atoms with Gasteiger partial charge < -0.3 is 19.7 Å². The molecule has 6 heteroatoms. The molecule has 1 unspecified atom stereocenters. The fourth-order valence-corrected chi connectivity index (χ4v) is 2.63. The van der Waals surface area contributed by atoms with Crippen molar-refractivity contribution in [3.63, 3.8) is 0 Å². The summed E-state index contributed by atoms with van der Waals surface area (Å²) >= 11 is 0. The summed E-state index contributed by atoms with van der Waals surface area (Å²) in [6.07, 6.45) is 0.795. The van der Waals surface area contributed by atoms with Crippen molar-refractivity contribution >= 4 is 11.6 Å². The maximum atomic E-state index is 13.2. The van der Waals surface area contributed by atoms with Crippen molar-refractivity contribution in [2.45, 2.75) is 19.4 Å². The molecule has 2 rings (SSSR count). The maximum Gasteiger partial charge on any atom is 0.282 e. The molecule has 0 aliphatic carbocycles. The van der Waals surface area contributed by atoms with Gasteiger partial charge in [-0.2, -0.15) is 0 Å². The molecule has 2 aromatic rings. The molecule has 0 saturated carbocycles. The SMILES string of the molecule is COc1ccc(CC[NH+](C)[C@@H](C)C(=O)Nc2cccc(F)c2)cc1OC. The lowest BCUT2D eigenvalue weighted by molar-refractivity contribution is -0.893. The maximum absolute atomic E-state index is 13.2. The van der Waals surface area contributed by atoms with Gasteiger partial charge in [-0.05, 0) is 42.8 Å². The summed E-state index contributed by atoms with van der Waals surface area (Å²) in [5.74, 6) is 0.879. The molecule has 0 aliphatic heterocycles.